The fraction of sp³-hybridized carbons (Fsp3) is 0.833. The molecule has 20 heavy (non-hydrogen) atoms. The third kappa shape index (κ3) is 3.61. The van der Waals surface area contributed by atoms with Crippen LogP contribution in [0, 0.1) is 5.92 Å². The van der Waals surface area contributed by atoms with Gasteiger partial charge in [0.05, 0.1) is 6.54 Å². The van der Waals surface area contributed by atoms with Crippen LogP contribution in [0.4, 0.5) is 17.6 Å². The van der Waals surface area contributed by atoms with Gasteiger partial charge < -0.3 is 10.2 Å². The molecule has 116 valence electrons. The standard InChI is InChI=1S/C12H18F4N2O2/c1-6(2)4-8-10(20)18(7(3)9(19)17-8)5-12(15,16)11(13)14/h6-8,11H,4-5H2,1-3H3,(H,17,19). The number of amides is 2. The van der Waals surface area contributed by atoms with E-state index in [9.17, 15) is 27.2 Å². The third-order valence-corrected chi connectivity index (χ3v) is 3.15. The van der Waals surface area contributed by atoms with Crippen LogP contribution in [0.3, 0.4) is 0 Å². The molecule has 1 N–H and O–H groups in total. The van der Waals surface area contributed by atoms with Gasteiger partial charge >= 0.3 is 12.3 Å². The number of halogens is 4. The topological polar surface area (TPSA) is 49.4 Å². The van der Waals surface area contributed by atoms with E-state index in [0.717, 1.165) is 0 Å². The number of hydrogen-bond acceptors (Lipinski definition) is 2. The van der Waals surface area contributed by atoms with E-state index in [2.05, 4.69) is 5.32 Å². The quantitative estimate of drug-likeness (QED) is 0.785. The number of piperazine rings is 1. The van der Waals surface area contributed by atoms with Gasteiger partial charge in [-0.25, -0.2) is 8.78 Å². The molecule has 2 unspecified atom stereocenters. The minimum absolute atomic E-state index is 0.0510. The second kappa shape index (κ2) is 5.97. The second-order valence-corrected chi connectivity index (χ2v) is 5.39. The van der Waals surface area contributed by atoms with Gasteiger partial charge in [0.2, 0.25) is 11.8 Å². The zero-order valence-electron chi connectivity index (χ0n) is 11.5. The normalized spacial score (nSPS) is 24.6. The maximum absolute atomic E-state index is 13.1. The van der Waals surface area contributed by atoms with Gasteiger partial charge in [-0.2, -0.15) is 8.78 Å². The molecule has 1 heterocycles. The predicted molar refractivity (Wildman–Crippen MR) is 63.5 cm³/mol. The van der Waals surface area contributed by atoms with Crippen LogP contribution in [0.15, 0.2) is 0 Å². The van der Waals surface area contributed by atoms with Crippen LogP contribution >= 0.6 is 0 Å². The summed E-state index contributed by atoms with van der Waals surface area (Å²) in [6.45, 7) is 3.39. The highest BCUT2D eigenvalue weighted by molar-refractivity contribution is 5.96. The molecule has 2 atom stereocenters. The molecule has 0 saturated carbocycles. The van der Waals surface area contributed by atoms with E-state index in [4.69, 9.17) is 0 Å². The number of carbonyl (C=O) groups is 2. The van der Waals surface area contributed by atoms with Crippen molar-refractivity contribution in [2.45, 2.75) is 51.6 Å². The van der Waals surface area contributed by atoms with Crippen molar-refractivity contribution in [1.29, 1.82) is 0 Å². The van der Waals surface area contributed by atoms with Gasteiger partial charge in [0.15, 0.2) is 0 Å². The van der Waals surface area contributed by atoms with E-state index in [1.54, 1.807) is 13.8 Å². The number of nitrogens with one attached hydrogen (secondary N) is 1. The van der Waals surface area contributed by atoms with Crippen molar-refractivity contribution in [2.24, 2.45) is 5.92 Å². The lowest BCUT2D eigenvalue weighted by Crippen LogP contribution is -2.64. The van der Waals surface area contributed by atoms with Crippen LogP contribution in [-0.4, -0.2) is 47.7 Å². The summed E-state index contributed by atoms with van der Waals surface area (Å²) in [5.74, 6) is -5.63. The Morgan fingerprint density at radius 3 is 2.30 bits per heavy atom. The van der Waals surface area contributed by atoms with E-state index >= 15 is 0 Å². The fourth-order valence-electron chi connectivity index (χ4n) is 2.03. The Morgan fingerprint density at radius 2 is 1.85 bits per heavy atom. The van der Waals surface area contributed by atoms with Gasteiger partial charge in [0, 0.05) is 0 Å². The van der Waals surface area contributed by atoms with Gasteiger partial charge in [-0.3, -0.25) is 9.59 Å². The van der Waals surface area contributed by atoms with Gasteiger partial charge in [-0.15, -0.1) is 0 Å². The SMILES string of the molecule is CC(C)CC1NC(=O)C(C)N(CC(F)(F)C(F)F)C1=O. The summed E-state index contributed by atoms with van der Waals surface area (Å²) in [6.07, 6.45) is -3.61. The molecule has 4 nitrogen and oxygen atoms in total. The Balaban J connectivity index is 2.91. The first-order valence-corrected chi connectivity index (χ1v) is 6.33. The second-order valence-electron chi connectivity index (χ2n) is 5.39. The molecule has 0 radical (unpaired) electrons. The molecule has 1 aliphatic heterocycles. The first-order chi connectivity index (χ1) is 9.06. The molecule has 0 aromatic carbocycles. The predicted octanol–water partition coefficient (Wildman–Crippen LogP) is 1.65. The highest BCUT2D eigenvalue weighted by Gasteiger charge is 2.48. The minimum atomic E-state index is -4.33. The van der Waals surface area contributed by atoms with Gasteiger partial charge in [0.1, 0.15) is 12.1 Å². The maximum Gasteiger partial charge on any atom is 0.324 e. The Bertz CT molecular complexity index is 388. The minimum Gasteiger partial charge on any atom is -0.343 e. The number of hydrogen-bond donors (Lipinski definition) is 1. The highest BCUT2D eigenvalue weighted by Crippen LogP contribution is 2.27. The maximum atomic E-state index is 13.1. The molecule has 1 rings (SSSR count). The number of alkyl halides is 4. The summed E-state index contributed by atoms with van der Waals surface area (Å²) in [5, 5.41) is 2.43. The summed E-state index contributed by atoms with van der Waals surface area (Å²) in [7, 11) is 0. The van der Waals surface area contributed by atoms with Crippen molar-refractivity contribution < 1.29 is 27.2 Å². The monoisotopic (exact) mass is 298 g/mol. The fourth-order valence-corrected chi connectivity index (χ4v) is 2.03. The summed E-state index contributed by atoms with van der Waals surface area (Å²) >= 11 is 0. The molecule has 0 aliphatic carbocycles. The van der Waals surface area contributed by atoms with Crippen LogP contribution in [0.5, 0.6) is 0 Å². The smallest absolute Gasteiger partial charge is 0.324 e. The lowest BCUT2D eigenvalue weighted by molar-refractivity contribution is -0.169. The van der Waals surface area contributed by atoms with Crippen molar-refractivity contribution in [3.05, 3.63) is 0 Å². The van der Waals surface area contributed by atoms with E-state index in [1.807, 2.05) is 0 Å². The van der Waals surface area contributed by atoms with Gasteiger partial charge in [-0.05, 0) is 19.3 Å². The van der Waals surface area contributed by atoms with Crippen LogP contribution in [0.1, 0.15) is 27.2 Å². The number of rotatable bonds is 5. The van der Waals surface area contributed by atoms with Gasteiger partial charge in [0.25, 0.3) is 0 Å². The summed E-state index contributed by atoms with van der Waals surface area (Å²) in [5.41, 5.74) is 0. The molecule has 0 spiro atoms. The average Bonchev–Trinajstić information content (AvgIpc) is 2.30. The molecule has 0 bridgehead atoms. The van der Waals surface area contributed by atoms with E-state index in [0.29, 0.717) is 4.90 Å². The Kier molecular flexibility index (Phi) is 4.99. The molecule has 0 aromatic heterocycles. The van der Waals surface area contributed by atoms with Crippen molar-refractivity contribution in [3.8, 4) is 0 Å². The van der Waals surface area contributed by atoms with E-state index < -0.39 is 42.8 Å². The lowest BCUT2D eigenvalue weighted by atomic mass is 9.98. The molecule has 1 saturated heterocycles. The van der Waals surface area contributed by atoms with Crippen LogP contribution < -0.4 is 5.32 Å². The first kappa shape index (κ1) is 16.7. The summed E-state index contributed by atoms with van der Waals surface area (Å²) in [4.78, 5) is 24.3. The average molecular weight is 298 g/mol. The first-order valence-electron chi connectivity index (χ1n) is 6.33. The van der Waals surface area contributed by atoms with E-state index in [1.165, 1.54) is 6.92 Å². The molecule has 1 aliphatic rings. The number of carbonyl (C=O) groups excluding carboxylic acids is 2. The Hall–Kier alpha value is -1.34. The van der Waals surface area contributed by atoms with Crippen molar-refractivity contribution >= 4 is 11.8 Å². The van der Waals surface area contributed by atoms with E-state index in [-0.39, 0.29) is 12.3 Å². The Labute approximate surface area is 114 Å². The molecule has 8 heteroatoms. The Morgan fingerprint density at radius 1 is 1.30 bits per heavy atom. The molecular formula is C12H18F4N2O2. The van der Waals surface area contributed by atoms with Crippen molar-refractivity contribution in [1.82, 2.24) is 10.2 Å². The summed E-state index contributed by atoms with van der Waals surface area (Å²) < 4.78 is 50.7. The lowest BCUT2D eigenvalue weighted by Gasteiger charge is -2.39. The molecule has 2 amide bonds. The third-order valence-electron chi connectivity index (χ3n) is 3.15. The van der Waals surface area contributed by atoms with Gasteiger partial charge in [-0.1, -0.05) is 13.8 Å². The van der Waals surface area contributed by atoms with Crippen molar-refractivity contribution in [3.63, 3.8) is 0 Å². The summed E-state index contributed by atoms with van der Waals surface area (Å²) in [6, 6.07) is -2.12. The van der Waals surface area contributed by atoms with Crippen LogP contribution in [0.2, 0.25) is 0 Å². The largest absolute Gasteiger partial charge is 0.343 e. The molecular weight excluding hydrogens is 280 g/mol. The van der Waals surface area contributed by atoms with Crippen LogP contribution in [0.25, 0.3) is 0 Å². The highest BCUT2D eigenvalue weighted by atomic mass is 19.3. The van der Waals surface area contributed by atoms with Crippen LogP contribution in [-0.2, 0) is 9.59 Å². The zero-order chi connectivity index (χ0) is 15.7. The molecule has 0 aromatic rings. The number of nitrogens with zero attached hydrogens (tertiary/aromatic N) is 1. The van der Waals surface area contributed by atoms with Crippen molar-refractivity contribution in [2.75, 3.05) is 6.54 Å². The molecule has 1 fully saturated rings. The zero-order valence-corrected chi connectivity index (χ0v) is 11.5.